The van der Waals surface area contributed by atoms with Crippen molar-refractivity contribution in [2.45, 2.75) is 13.2 Å². The van der Waals surface area contributed by atoms with Gasteiger partial charge in [-0.1, -0.05) is 45.7 Å². The monoisotopic (exact) mass is 540 g/mol. The number of carbonyl (C=O) groups is 1. The second-order valence-electron chi connectivity index (χ2n) is 7.14. The van der Waals surface area contributed by atoms with Gasteiger partial charge in [0.05, 0.1) is 19.2 Å². The number of benzene rings is 3. The summed E-state index contributed by atoms with van der Waals surface area (Å²) in [5.74, 6) is 1.22. The summed E-state index contributed by atoms with van der Waals surface area (Å²) >= 11 is 9.76. The zero-order valence-electron chi connectivity index (χ0n) is 18.6. The fourth-order valence-electron chi connectivity index (χ4n) is 3.05. The topological polar surface area (TPSA) is 80.6 Å². The number of hydrogen-bond acceptors (Lipinski definition) is 5. The van der Waals surface area contributed by atoms with Gasteiger partial charge in [0.2, 0.25) is 0 Å². The molecule has 0 bridgehead atoms. The lowest BCUT2D eigenvalue weighted by Gasteiger charge is -2.11. The van der Waals surface area contributed by atoms with Gasteiger partial charge in [-0.05, 0) is 53.6 Å². The van der Waals surface area contributed by atoms with Crippen LogP contribution in [-0.2, 0) is 17.9 Å². The van der Waals surface area contributed by atoms with E-state index in [0.29, 0.717) is 34.4 Å². The average molecular weight is 542 g/mol. The highest BCUT2D eigenvalue weighted by molar-refractivity contribution is 9.10. The van der Waals surface area contributed by atoms with Crippen LogP contribution in [0.4, 0.5) is 0 Å². The molecule has 6 nitrogen and oxygen atoms in total. The molecule has 0 aliphatic carbocycles. The first-order valence-electron chi connectivity index (χ1n) is 10.2. The summed E-state index contributed by atoms with van der Waals surface area (Å²) in [4.78, 5) is 12.6. The minimum Gasteiger partial charge on any atom is -0.497 e. The molecule has 0 heterocycles. The van der Waals surface area contributed by atoms with Crippen molar-refractivity contribution in [1.29, 1.82) is 5.26 Å². The predicted molar refractivity (Wildman–Crippen MR) is 135 cm³/mol. The smallest absolute Gasteiger partial charge is 0.262 e. The Labute approximate surface area is 211 Å². The molecule has 0 radical (unpaired) electrons. The largest absolute Gasteiger partial charge is 0.497 e. The van der Waals surface area contributed by atoms with Crippen LogP contribution in [0.25, 0.3) is 6.08 Å². The number of nitrogens with one attached hydrogen (secondary N) is 1. The van der Waals surface area contributed by atoms with Crippen molar-refractivity contribution >= 4 is 39.5 Å². The number of ether oxygens (including phenoxy) is 3. The average Bonchev–Trinajstić information content (AvgIpc) is 2.86. The fraction of sp³-hybridized carbons (Fsp3) is 0.154. The number of rotatable bonds is 9. The van der Waals surface area contributed by atoms with Crippen molar-refractivity contribution in [3.05, 3.63) is 92.4 Å². The molecule has 0 aliphatic heterocycles. The molecular formula is C26H22BrClN2O4. The Morgan fingerprint density at radius 2 is 1.82 bits per heavy atom. The molecule has 0 aliphatic rings. The first-order chi connectivity index (χ1) is 16.4. The number of halogens is 2. The number of methoxy groups -OCH3 is 2. The van der Waals surface area contributed by atoms with Crippen LogP contribution >= 0.6 is 27.5 Å². The van der Waals surface area contributed by atoms with Gasteiger partial charge in [-0.2, -0.15) is 5.26 Å². The van der Waals surface area contributed by atoms with Crippen molar-refractivity contribution in [1.82, 2.24) is 5.32 Å². The number of nitriles is 1. The summed E-state index contributed by atoms with van der Waals surface area (Å²) in [6.45, 7) is 0.553. The summed E-state index contributed by atoms with van der Waals surface area (Å²) in [7, 11) is 3.10. The van der Waals surface area contributed by atoms with Gasteiger partial charge >= 0.3 is 0 Å². The molecule has 8 heteroatoms. The molecule has 3 rings (SSSR count). The summed E-state index contributed by atoms with van der Waals surface area (Å²) in [5.41, 5.74) is 2.31. The van der Waals surface area contributed by atoms with Crippen molar-refractivity contribution < 1.29 is 19.0 Å². The Kier molecular flexibility index (Phi) is 8.97. The maximum atomic E-state index is 12.6. The van der Waals surface area contributed by atoms with Gasteiger partial charge in [0, 0.05) is 22.6 Å². The van der Waals surface area contributed by atoms with E-state index in [4.69, 9.17) is 25.8 Å². The lowest BCUT2D eigenvalue weighted by molar-refractivity contribution is -0.117. The molecule has 0 atom stereocenters. The SMILES string of the molecule is COc1ccc(CNC(=O)/C(C#N)=C/c2ccc(OCc3ccc(Br)cc3)c(Cl)c2)c(OC)c1. The third-order valence-corrected chi connectivity index (χ3v) is 5.70. The summed E-state index contributed by atoms with van der Waals surface area (Å²) in [6, 6.07) is 20.1. The minimum atomic E-state index is -0.507. The lowest BCUT2D eigenvalue weighted by atomic mass is 10.1. The molecule has 174 valence electrons. The van der Waals surface area contributed by atoms with Crippen LogP contribution in [-0.4, -0.2) is 20.1 Å². The van der Waals surface area contributed by atoms with Gasteiger partial charge in [0.15, 0.2) is 0 Å². The summed E-state index contributed by atoms with van der Waals surface area (Å²) in [6.07, 6.45) is 1.48. The van der Waals surface area contributed by atoms with Gasteiger partial charge in [-0.3, -0.25) is 4.79 Å². The number of nitrogens with zero attached hydrogens (tertiary/aromatic N) is 1. The number of hydrogen-bond donors (Lipinski definition) is 1. The van der Waals surface area contributed by atoms with Gasteiger partial charge in [0.1, 0.15) is 35.5 Å². The van der Waals surface area contributed by atoms with Crippen LogP contribution in [0, 0.1) is 11.3 Å². The normalized spacial score (nSPS) is 10.9. The summed E-state index contributed by atoms with van der Waals surface area (Å²) < 4.78 is 17.3. The standard InChI is InChI=1S/C26H22BrClN2O4/c1-32-22-9-6-19(25(13-22)33-2)15-30-26(31)20(14-29)11-18-5-10-24(23(28)12-18)34-16-17-3-7-21(27)8-4-17/h3-13H,15-16H2,1-2H3,(H,30,31)/b20-11+. The van der Waals surface area contributed by atoms with E-state index in [9.17, 15) is 10.1 Å². The minimum absolute atomic E-state index is 0.0490. The number of carbonyl (C=O) groups excluding carboxylic acids is 1. The first kappa shape index (κ1) is 25.2. The second-order valence-corrected chi connectivity index (χ2v) is 8.46. The van der Waals surface area contributed by atoms with E-state index < -0.39 is 5.91 Å². The van der Waals surface area contributed by atoms with Crippen molar-refractivity contribution in [3.63, 3.8) is 0 Å². The van der Waals surface area contributed by atoms with Crippen molar-refractivity contribution in [3.8, 4) is 23.3 Å². The van der Waals surface area contributed by atoms with Crippen molar-refractivity contribution in [2.75, 3.05) is 14.2 Å². The third-order valence-electron chi connectivity index (χ3n) is 4.87. The van der Waals surface area contributed by atoms with Gasteiger partial charge in [0.25, 0.3) is 5.91 Å². The van der Waals surface area contributed by atoms with E-state index in [-0.39, 0.29) is 12.1 Å². The molecule has 3 aromatic carbocycles. The van der Waals surface area contributed by atoms with E-state index in [1.165, 1.54) is 13.2 Å². The van der Waals surface area contributed by atoms with Gasteiger partial charge in [-0.25, -0.2) is 0 Å². The van der Waals surface area contributed by atoms with Gasteiger partial charge < -0.3 is 19.5 Å². The highest BCUT2D eigenvalue weighted by Crippen LogP contribution is 2.28. The third kappa shape index (κ3) is 6.77. The molecule has 0 spiro atoms. The Bertz CT molecular complexity index is 1240. The Morgan fingerprint density at radius 3 is 2.47 bits per heavy atom. The highest BCUT2D eigenvalue weighted by atomic mass is 79.9. The second kappa shape index (κ2) is 12.1. The predicted octanol–water partition coefficient (Wildman–Crippen LogP) is 5.92. The van der Waals surface area contributed by atoms with Crippen LogP contribution in [0.2, 0.25) is 5.02 Å². The lowest BCUT2D eigenvalue weighted by Crippen LogP contribution is -2.24. The van der Waals surface area contributed by atoms with Crippen molar-refractivity contribution in [2.24, 2.45) is 0 Å². The molecule has 34 heavy (non-hydrogen) atoms. The fourth-order valence-corrected chi connectivity index (χ4v) is 3.56. The van der Waals surface area contributed by atoms with Crippen LogP contribution in [0.15, 0.2) is 70.7 Å². The maximum absolute atomic E-state index is 12.6. The van der Waals surface area contributed by atoms with E-state index in [0.717, 1.165) is 15.6 Å². The molecule has 1 amide bonds. The zero-order valence-corrected chi connectivity index (χ0v) is 20.9. The molecule has 0 saturated heterocycles. The van der Waals surface area contributed by atoms with E-state index in [1.807, 2.05) is 30.3 Å². The molecule has 3 aromatic rings. The Balaban J connectivity index is 1.66. The zero-order chi connectivity index (χ0) is 24.5. The highest BCUT2D eigenvalue weighted by Gasteiger charge is 2.12. The molecular weight excluding hydrogens is 520 g/mol. The van der Waals surface area contributed by atoms with Crippen LogP contribution in [0.5, 0.6) is 17.2 Å². The molecule has 0 aromatic heterocycles. The van der Waals surface area contributed by atoms with Crippen LogP contribution in [0.3, 0.4) is 0 Å². The number of amides is 1. The molecule has 0 fully saturated rings. The van der Waals surface area contributed by atoms with E-state index >= 15 is 0 Å². The Morgan fingerprint density at radius 1 is 1.06 bits per heavy atom. The van der Waals surface area contributed by atoms with E-state index in [1.54, 1.807) is 43.5 Å². The van der Waals surface area contributed by atoms with Crippen LogP contribution in [0.1, 0.15) is 16.7 Å². The molecule has 1 N–H and O–H groups in total. The first-order valence-corrected chi connectivity index (χ1v) is 11.4. The molecule has 0 saturated carbocycles. The van der Waals surface area contributed by atoms with Gasteiger partial charge in [-0.15, -0.1) is 0 Å². The molecule has 0 unspecified atom stereocenters. The quantitative estimate of drug-likeness (QED) is 0.269. The van der Waals surface area contributed by atoms with E-state index in [2.05, 4.69) is 21.2 Å². The maximum Gasteiger partial charge on any atom is 0.262 e. The van der Waals surface area contributed by atoms with Crippen LogP contribution < -0.4 is 19.5 Å². The Hall–Kier alpha value is -3.47. The summed E-state index contributed by atoms with van der Waals surface area (Å²) in [5, 5.41) is 12.6.